The third kappa shape index (κ3) is 2.20. The van der Waals surface area contributed by atoms with Crippen molar-refractivity contribution in [3.63, 3.8) is 0 Å². The highest BCUT2D eigenvalue weighted by Crippen LogP contribution is 2.34. The smallest absolute Gasteiger partial charge is 0.127 e. The van der Waals surface area contributed by atoms with Gasteiger partial charge in [0.25, 0.3) is 0 Å². The zero-order chi connectivity index (χ0) is 11.5. The second-order valence-electron chi connectivity index (χ2n) is 4.37. The Balaban J connectivity index is 2.43. The first-order valence-corrected chi connectivity index (χ1v) is 5.75. The van der Waals surface area contributed by atoms with E-state index in [9.17, 15) is 0 Å². The lowest BCUT2D eigenvalue weighted by Gasteiger charge is -2.18. The fourth-order valence-electron chi connectivity index (χ4n) is 2.33. The first-order valence-electron chi connectivity index (χ1n) is 5.75. The molecule has 0 spiro atoms. The van der Waals surface area contributed by atoms with E-state index in [1.807, 2.05) is 0 Å². The molecule has 0 fully saturated rings. The average molecular weight is 221 g/mol. The van der Waals surface area contributed by atoms with Crippen LogP contribution < -0.4 is 10.2 Å². The molecule has 1 heterocycles. The van der Waals surface area contributed by atoms with Gasteiger partial charge in [-0.05, 0) is 32.3 Å². The molecule has 3 nitrogen and oxygen atoms in total. The SMILES string of the molecule is CON[C@H]1CCCOc2c(C)cc(C)cc21. The van der Waals surface area contributed by atoms with Gasteiger partial charge in [0.2, 0.25) is 0 Å². The number of benzene rings is 1. The molecule has 3 heteroatoms. The van der Waals surface area contributed by atoms with Crippen LogP contribution in [0, 0.1) is 13.8 Å². The molecule has 1 aromatic carbocycles. The predicted molar refractivity (Wildman–Crippen MR) is 63.5 cm³/mol. The maximum absolute atomic E-state index is 5.82. The fourth-order valence-corrected chi connectivity index (χ4v) is 2.33. The van der Waals surface area contributed by atoms with Crippen molar-refractivity contribution in [3.8, 4) is 5.75 Å². The Morgan fingerprint density at radius 3 is 2.94 bits per heavy atom. The van der Waals surface area contributed by atoms with Gasteiger partial charge in [0.05, 0.1) is 19.8 Å². The number of aryl methyl sites for hydroxylation is 2. The van der Waals surface area contributed by atoms with Gasteiger partial charge in [0.15, 0.2) is 0 Å². The summed E-state index contributed by atoms with van der Waals surface area (Å²) in [6, 6.07) is 4.58. The van der Waals surface area contributed by atoms with Crippen molar-refractivity contribution in [2.24, 2.45) is 0 Å². The van der Waals surface area contributed by atoms with Crippen LogP contribution in [0.5, 0.6) is 5.75 Å². The molecule has 1 N–H and O–H groups in total. The highest BCUT2D eigenvalue weighted by atomic mass is 16.6. The molecule has 0 bridgehead atoms. The van der Waals surface area contributed by atoms with E-state index in [1.165, 1.54) is 16.7 Å². The van der Waals surface area contributed by atoms with Gasteiger partial charge < -0.3 is 9.57 Å². The summed E-state index contributed by atoms with van der Waals surface area (Å²) in [5, 5.41) is 0. The van der Waals surface area contributed by atoms with Crippen LogP contribution in [0.4, 0.5) is 0 Å². The Bertz CT molecular complexity index is 376. The molecule has 0 aromatic heterocycles. The lowest BCUT2D eigenvalue weighted by Crippen LogP contribution is -2.19. The summed E-state index contributed by atoms with van der Waals surface area (Å²) in [7, 11) is 1.66. The van der Waals surface area contributed by atoms with Crippen molar-refractivity contribution in [2.45, 2.75) is 32.7 Å². The molecule has 1 aliphatic heterocycles. The number of rotatable bonds is 2. The Morgan fingerprint density at radius 1 is 1.38 bits per heavy atom. The van der Waals surface area contributed by atoms with Crippen LogP contribution in [-0.2, 0) is 4.84 Å². The molecular formula is C13H19NO2. The maximum atomic E-state index is 5.82. The average Bonchev–Trinajstić information content (AvgIpc) is 2.42. The quantitative estimate of drug-likeness (QED) is 0.779. The van der Waals surface area contributed by atoms with Gasteiger partial charge in [-0.2, -0.15) is 5.48 Å². The number of hydroxylamine groups is 1. The fraction of sp³-hybridized carbons (Fsp3) is 0.538. The summed E-state index contributed by atoms with van der Waals surface area (Å²) in [6.45, 7) is 5.00. The molecule has 2 rings (SSSR count). The van der Waals surface area contributed by atoms with Gasteiger partial charge in [-0.15, -0.1) is 0 Å². The Hall–Kier alpha value is -1.06. The predicted octanol–water partition coefficient (Wildman–Crippen LogP) is 2.67. The summed E-state index contributed by atoms with van der Waals surface area (Å²) in [5.41, 5.74) is 6.75. The number of hydrogen-bond donors (Lipinski definition) is 1. The number of ether oxygens (including phenoxy) is 1. The van der Waals surface area contributed by atoms with Crippen molar-refractivity contribution in [1.82, 2.24) is 5.48 Å². The van der Waals surface area contributed by atoms with Gasteiger partial charge in [-0.25, -0.2) is 0 Å². The van der Waals surface area contributed by atoms with Crippen LogP contribution in [0.2, 0.25) is 0 Å². The van der Waals surface area contributed by atoms with E-state index in [0.717, 1.165) is 25.2 Å². The van der Waals surface area contributed by atoms with E-state index in [1.54, 1.807) is 7.11 Å². The number of nitrogens with one attached hydrogen (secondary N) is 1. The summed E-state index contributed by atoms with van der Waals surface area (Å²) in [5.74, 6) is 1.03. The van der Waals surface area contributed by atoms with Crippen molar-refractivity contribution in [1.29, 1.82) is 0 Å². The van der Waals surface area contributed by atoms with Gasteiger partial charge in [0.1, 0.15) is 5.75 Å². The monoisotopic (exact) mass is 221 g/mol. The molecule has 0 aliphatic carbocycles. The van der Waals surface area contributed by atoms with Crippen molar-refractivity contribution >= 4 is 0 Å². The van der Waals surface area contributed by atoms with Gasteiger partial charge in [-0.3, -0.25) is 0 Å². The van der Waals surface area contributed by atoms with Crippen LogP contribution in [0.25, 0.3) is 0 Å². The molecule has 88 valence electrons. The first kappa shape index (κ1) is 11.4. The third-order valence-electron chi connectivity index (χ3n) is 2.97. The second-order valence-corrected chi connectivity index (χ2v) is 4.37. The molecule has 16 heavy (non-hydrogen) atoms. The van der Waals surface area contributed by atoms with Crippen molar-refractivity contribution in [3.05, 3.63) is 28.8 Å². The molecule has 0 saturated carbocycles. The molecule has 0 radical (unpaired) electrons. The van der Waals surface area contributed by atoms with E-state index in [0.29, 0.717) is 0 Å². The van der Waals surface area contributed by atoms with Crippen molar-refractivity contribution in [2.75, 3.05) is 13.7 Å². The molecular weight excluding hydrogens is 202 g/mol. The van der Waals surface area contributed by atoms with E-state index in [-0.39, 0.29) is 6.04 Å². The minimum Gasteiger partial charge on any atom is -0.493 e. The van der Waals surface area contributed by atoms with Crippen LogP contribution in [0.3, 0.4) is 0 Å². The minimum atomic E-state index is 0.237. The minimum absolute atomic E-state index is 0.237. The molecule has 0 saturated heterocycles. The van der Waals surface area contributed by atoms with Gasteiger partial charge >= 0.3 is 0 Å². The van der Waals surface area contributed by atoms with E-state index >= 15 is 0 Å². The van der Waals surface area contributed by atoms with E-state index in [4.69, 9.17) is 9.57 Å². The summed E-state index contributed by atoms with van der Waals surface area (Å²) < 4.78 is 5.82. The number of hydrogen-bond acceptors (Lipinski definition) is 3. The Labute approximate surface area is 96.7 Å². The van der Waals surface area contributed by atoms with Crippen LogP contribution in [-0.4, -0.2) is 13.7 Å². The van der Waals surface area contributed by atoms with Crippen LogP contribution >= 0.6 is 0 Å². The van der Waals surface area contributed by atoms with E-state index in [2.05, 4.69) is 31.5 Å². The van der Waals surface area contributed by atoms with Crippen LogP contribution in [0.15, 0.2) is 12.1 Å². The summed E-state index contributed by atoms with van der Waals surface area (Å²) in [4.78, 5) is 5.07. The molecule has 1 aliphatic rings. The molecule has 0 unspecified atom stereocenters. The van der Waals surface area contributed by atoms with Crippen LogP contribution in [0.1, 0.15) is 35.6 Å². The zero-order valence-corrected chi connectivity index (χ0v) is 10.2. The highest BCUT2D eigenvalue weighted by Gasteiger charge is 2.21. The molecule has 0 amide bonds. The molecule has 1 atom stereocenters. The van der Waals surface area contributed by atoms with Crippen molar-refractivity contribution < 1.29 is 9.57 Å². The topological polar surface area (TPSA) is 30.5 Å². The summed E-state index contributed by atoms with van der Waals surface area (Å²) >= 11 is 0. The van der Waals surface area contributed by atoms with Gasteiger partial charge in [0, 0.05) is 5.56 Å². The maximum Gasteiger partial charge on any atom is 0.127 e. The second kappa shape index (κ2) is 4.85. The zero-order valence-electron chi connectivity index (χ0n) is 10.2. The Kier molecular flexibility index (Phi) is 3.46. The first-order chi connectivity index (χ1) is 7.72. The summed E-state index contributed by atoms with van der Waals surface area (Å²) in [6.07, 6.45) is 2.10. The van der Waals surface area contributed by atoms with Gasteiger partial charge in [-0.1, -0.05) is 17.7 Å². The largest absolute Gasteiger partial charge is 0.493 e. The standard InChI is InChI=1S/C13H19NO2/c1-9-7-10(2)13-11(8-9)12(14-15-3)5-4-6-16-13/h7-8,12,14H,4-6H2,1-3H3/t12-/m0/s1. The lowest BCUT2D eigenvalue weighted by molar-refractivity contribution is 0.0579. The number of fused-ring (bicyclic) bond motifs is 1. The van der Waals surface area contributed by atoms with E-state index < -0.39 is 0 Å². The lowest BCUT2D eigenvalue weighted by atomic mass is 9.98. The molecule has 1 aromatic rings. The third-order valence-corrected chi connectivity index (χ3v) is 2.97. The normalized spacial score (nSPS) is 19.8. The highest BCUT2D eigenvalue weighted by molar-refractivity contribution is 5.45. The Morgan fingerprint density at radius 2 is 2.19 bits per heavy atom.